The van der Waals surface area contributed by atoms with E-state index < -0.39 is 23.9 Å². The number of nitrogens with zero attached hydrogens (tertiary/aromatic N) is 1. The Morgan fingerprint density at radius 3 is 2.35 bits per heavy atom. The zero-order valence-corrected chi connectivity index (χ0v) is 16.7. The van der Waals surface area contributed by atoms with Gasteiger partial charge >= 0.3 is 18.2 Å². The zero-order chi connectivity index (χ0) is 22.6. The predicted octanol–water partition coefficient (Wildman–Crippen LogP) is 3.69. The summed E-state index contributed by atoms with van der Waals surface area (Å²) >= 11 is 0. The maximum absolute atomic E-state index is 12.2. The standard InChI is InChI=1S/C21H20F3N3O4/c1-27(2)16(18-11-13-5-3-4-6-17(13)30-18)12-25-19(28)20(29)26-14-7-9-15(10-8-14)31-21(22,23)24/h3-11,16H,12H2,1-2H3,(H,25,28)(H,26,29). The van der Waals surface area contributed by atoms with Crippen LogP contribution in [0.3, 0.4) is 0 Å². The number of rotatable bonds is 6. The minimum atomic E-state index is -4.81. The van der Waals surface area contributed by atoms with Crippen molar-refractivity contribution in [2.75, 3.05) is 26.0 Å². The number of hydrogen-bond donors (Lipinski definition) is 2. The Labute approximate surface area is 175 Å². The van der Waals surface area contributed by atoms with Gasteiger partial charge < -0.3 is 19.8 Å². The number of para-hydroxylation sites is 1. The van der Waals surface area contributed by atoms with Crippen LogP contribution in [0.5, 0.6) is 5.75 Å². The van der Waals surface area contributed by atoms with Crippen molar-refractivity contribution in [2.24, 2.45) is 0 Å². The summed E-state index contributed by atoms with van der Waals surface area (Å²) in [5.74, 6) is -1.65. The Morgan fingerprint density at radius 1 is 1.06 bits per heavy atom. The molecule has 3 rings (SSSR count). The van der Waals surface area contributed by atoms with E-state index in [1.807, 2.05) is 49.3 Å². The summed E-state index contributed by atoms with van der Waals surface area (Å²) in [5.41, 5.74) is 0.863. The average molecular weight is 435 g/mol. The van der Waals surface area contributed by atoms with Crippen LogP contribution >= 0.6 is 0 Å². The van der Waals surface area contributed by atoms with Crippen molar-refractivity contribution in [3.05, 3.63) is 60.4 Å². The molecule has 3 aromatic rings. The number of likely N-dealkylation sites (N-methyl/N-ethyl adjacent to an activating group) is 1. The smallest absolute Gasteiger partial charge is 0.459 e. The summed E-state index contributed by atoms with van der Waals surface area (Å²) in [5, 5.41) is 5.79. The van der Waals surface area contributed by atoms with Gasteiger partial charge in [0.05, 0.1) is 6.04 Å². The Balaban J connectivity index is 1.58. The van der Waals surface area contributed by atoms with Crippen molar-refractivity contribution in [3.8, 4) is 5.75 Å². The van der Waals surface area contributed by atoms with Gasteiger partial charge in [-0.1, -0.05) is 18.2 Å². The van der Waals surface area contributed by atoms with Crippen LogP contribution in [0.15, 0.2) is 59.0 Å². The number of furan rings is 1. The Hall–Kier alpha value is -3.53. The maximum Gasteiger partial charge on any atom is 0.573 e. The molecule has 10 heteroatoms. The van der Waals surface area contributed by atoms with E-state index in [0.29, 0.717) is 11.3 Å². The van der Waals surface area contributed by atoms with Gasteiger partial charge in [-0.05, 0) is 50.5 Å². The number of nitrogens with one attached hydrogen (secondary N) is 2. The zero-order valence-electron chi connectivity index (χ0n) is 16.7. The second kappa shape index (κ2) is 9.09. The molecule has 0 aliphatic heterocycles. The number of fused-ring (bicyclic) bond motifs is 1. The topological polar surface area (TPSA) is 83.8 Å². The molecule has 0 fully saturated rings. The molecule has 2 aromatic carbocycles. The first-order valence-electron chi connectivity index (χ1n) is 9.22. The fourth-order valence-electron chi connectivity index (χ4n) is 2.90. The molecule has 2 N–H and O–H groups in total. The normalized spacial score (nSPS) is 12.6. The van der Waals surface area contributed by atoms with Gasteiger partial charge in [0.1, 0.15) is 17.1 Å². The first-order valence-corrected chi connectivity index (χ1v) is 9.22. The third-order valence-corrected chi connectivity index (χ3v) is 4.40. The molecule has 0 saturated heterocycles. The quantitative estimate of drug-likeness (QED) is 0.577. The van der Waals surface area contributed by atoms with Gasteiger partial charge in [0.15, 0.2) is 0 Å². The average Bonchev–Trinajstić information content (AvgIpc) is 3.11. The molecule has 1 atom stereocenters. The molecule has 1 aromatic heterocycles. The first-order chi connectivity index (χ1) is 14.6. The van der Waals surface area contributed by atoms with Gasteiger partial charge in [0, 0.05) is 17.6 Å². The van der Waals surface area contributed by atoms with Crippen LogP contribution in [0.4, 0.5) is 18.9 Å². The number of alkyl halides is 3. The number of benzene rings is 2. The van der Waals surface area contributed by atoms with Gasteiger partial charge in [0.2, 0.25) is 0 Å². The van der Waals surface area contributed by atoms with Gasteiger partial charge in [-0.3, -0.25) is 14.5 Å². The van der Waals surface area contributed by atoms with Crippen LogP contribution in [0.1, 0.15) is 11.8 Å². The van der Waals surface area contributed by atoms with Crippen LogP contribution < -0.4 is 15.4 Å². The Kier molecular flexibility index (Phi) is 6.50. The molecule has 0 bridgehead atoms. The van der Waals surface area contributed by atoms with Crippen molar-refractivity contribution < 1.29 is 31.9 Å². The van der Waals surface area contributed by atoms with E-state index >= 15 is 0 Å². The fraction of sp³-hybridized carbons (Fsp3) is 0.238. The van der Waals surface area contributed by atoms with E-state index in [0.717, 1.165) is 17.5 Å². The Bertz CT molecular complexity index is 1030. The largest absolute Gasteiger partial charge is 0.573 e. The molecular weight excluding hydrogens is 415 g/mol. The highest BCUT2D eigenvalue weighted by molar-refractivity contribution is 6.39. The van der Waals surface area contributed by atoms with E-state index in [9.17, 15) is 22.8 Å². The number of halogens is 3. The summed E-state index contributed by atoms with van der Waals surface area (Å²) in [6.45, 7) is 0.109. The Morgan fingerprint density at radius 2 is 1.74 bits per heavy atom. The molecule has 164 valence electrons. The molecule has 2 amide bonds. The van der Waals surface area contributed by atoms with Crippen LogP contribution in [0.2, 0.25) is 0 Å². The molecule has 7 nitrogen and oxygen atoms in total. The third-order valence-electron chi connectivity index (χ3n) is 4.40. The molecular formula is C21H20F3N3O4. The molecule has 1 heterocycles. The van der Waals surface area contributed by atoms with Crippen LogP contribution in [0.25, 0.3) is 11.0 Å². The van der Waals surface area contributed by atoms with Crippen LogP contribution in [0, 0.1) is 0 Å². The minimum absolute atomic E-state index is 0.109. The second-order valence-electron chi connectivity index (χ2n) is 6.90. The highest BCUT2D eigenvalue weighted by Crippen LogP contribution is 2.26. The summed E-state index contributed by atoms with van der Waals surface area (Å²) in [4.78, 5) is 26.1. The molecule has 0 spiro atoms. The van der Waals surface area contributed by atoms with Crippen LogP contribution in [-0.2, 0) is 9.59 Å². The number of ether oxygens (including phenoxy) is 1. The number of hydrogen-bond acceptors (Lipinski definition) is 5. The van der Waals surface area contributed by atoms with Gasteiger partial charge in [-0.15, -0.1) is 13.2 Å². The van der Waals surface area contributed by atoms with Crippen molar-refractivity contribution >= 4 is 28.5 Å². The van der Waals surface area contributed by atoms with Gasteiger partial charge in [0.25, 0.3) is 0 Å². The lowest BCUT2D eigenvalue weighted by Gasteiger charge is -2.22. The lowest BCUT2D eigenvalue weighted by Crippen LogP contribution is -2.40. The molecule has 31 heavy (non-hydrogen) atoms. The number of anilines is 1. The van der Waals surface area contributed by atoms with Crippen LogP contribution in [-0.4, -0.2) is 43.7 Å². The second-order valence-corrected chi connectivity index (χ2v) is 6.90. The fourth-order valence-corrected chi connectivity index (χ4v) is 2.90. The van der Waals surface area contributed by atoms with Gasteiger partial charge in [-0.25, -0.2) is 0 Å². The highest BCUT2D eigenvalue weighted by Gasteiger charge is 2.31. The number of amides is 2. The minimum Gasteiger partial charge on any atom is -0.459 e. The van der Waals surface area contributed by atoms with E-state index in [4.69, 9.17) is 4.42 Å². The van der Waals surface area contributed by atoms with E-state index in [-0.39, 0.29) is 18.3 Å². The molecule has 1 unspecified atom stereocenters. The summed E-state index contributed by atoms with van der Waals surface area (Å²) < 4.78 is 46.2. The summed E-state index contributed by atoms with van der Waals surface area (Å²) in [6.07, 6.45) is -4.81. The molecule has 0 saturated carbocycles. The third kappa shape index (κ3) is 5.98. The lowest BCUT2D eigenvalue weighted by molar-refractivity contribution is -0.274. The SMILES string of the molecule is CN(C)C(CNC(=O)C(=O)Nc1ccc(OC(F)(F)F)cc1)c1cc2ccccc2o1. The predicted molar refractivity (Wildman–Crippen MR) is 107 cm³/mol. The summed E-state index contributed by atoms with van der Waals surface area (Å²) in [6, 6.07) is 13.5. The molecule has 0 radical (unpaired) electrons. The van der Waals surface area contributed by atoms with Crippen molar-refractivity contribution in [1.29, 1.82) is 0 Å². The van der Waals surface area contributed by atoms with Gasteiger partial charge in [-0.2, -0.15) is 0 Å². The van der Waals surface area contributed by atoms with E-state index in [1.165, 1.54) is 12.1 Å². The van der Waals surface area contributed by atoms with E-state index in [2.05, 4.69) is 15.4 Å². The van der Waals surface area contributed by atoms with Crippen molar-refractivity contribution in [2.45, 2.75) is 12.4 Å². The monoisotopic (exact) mass is 435 g/mol. The highest BCUT2D eigenvalue weighted by atomic mass is 19.4. The maximum atomic E-state index is 12.2. The van der Waals surface area contributed by atoms with Crippen molar-refractivity contribution in [3.63, 3.8) is 0 Å². The lowest BCUT2D eigenvalue weighted by atomic mass is 10.2. The summed E-state index contributed by atoms with van der Waals surface area (Å²) in [7, 11) is 3.63. The number of carbonyl (C=O) groups excluding carboxylic acids is 2. The molecule has 0 aliphatic rings. The first kappa shape index (κ1) is 22.2. The number of carbonyl (C=O) groups is 2. The van der Waals surface area contributed by atoms with E-state index in [1.54, 1.807) is 0 Å². The van der Waals surface area contributed by atoms with Crippen molar-refractivity contribution in [1.82, 2.24) is 10.2 Å². The molecule has 0 aliphatic carbocycles.